The van der Waals surface area contributed by atoms with Crippen molar-refractivity contribution in [2.24, 2.45) is 0 Å². The Hall–Kier alpha value is -1.14. The molecule has 2 aliphatic heterocycles. The summed E-state index contributed by atoms with van der Waals surface area (Å²) in [4.78, 5) is 13.6. The molecule has 114 valence electrons. The van der Waals surface area contributed by atoms with Crippen LogP contribution in [0.5, 0.6) is 0 Å². The van der Waals surface area contributed by atoms with Gasteiger partial charge in [0.05, 0.1) is 24.2 Å². The van der Waals surface area contributed by atoms with Gasteiger partial charge in [-0.2, -0.15) is 0 Å². The van der Waals surface area contributed by atoms with E-state index in [2.05, 4.69) is 15.9 Å². The van der Waals surface area contributed by atoms with Crippen molar-refractivity contribution in [3.05, 3.63) is 33.5 Å². The smallest absolute Gasteiger partial charge is 0.410 e. The maximum absolute atomic E-state index is 13.7. The van der Waals surface area contributed by atoms with Gasteiger partial charge in [0.15, 0.2) is 0 Å². The number of amides is 1. The molecule has 6 heteroatoms. The summed E-state index contributed by atoms with van der Waals surface area (Å²) in [6.07, 6.45) is -0.359. The first-order valence-corrected chi connectivity index (χ1v) is 7.60. The maximum Gasteiger partial charge on any atom is 0.410 e. The summed E-state index contributed by atoms with van der Waals surface area (Å²) in [6.45, 7) is 6.72. The van der Waals surface area contributed by atoms with Gasteiger partial charge in [-0.15, -0.1) is 0 Å². The number of nitrogens with zero attached hydrogens (tertiary/aromatic N) is 1. The zero-order chi connectivity index (χ0) is 15.4. The van der Waals surface area contributed by atoms with E-state index in [1.807, 2.05) is 20.8 Å². The van der Waals surface area contributed by atoms with Gasteiger partial charge in [-0.25, -0.2) is 9.18 Å². The highest BCUT2D eigenvalue weighted by Gasteiger charge is 2.52. The zero-order valence-corrected chi connectivity index (χ0v) is 13.8. The minimum atomic E-state index is -0.576. The molecule has 0 unspecified atom stereocenters. The second-order valence-corrected chi connectivity index (χ2v) is 7.40. The van der Waals surface area contributed by atoms with Crippen LogP contribution in [0.1, 0.15) is 31.9 Å². The summed E-state index contributed by atoms with van der Waals surface area (Å²) in [6, 6.07) is 3.24. The number of hydrogen-bond donors (Lipinski definition) is 0. The second kappa shape index (κ2) is 4.68. The molecule has 0 atom stereocenters. The van der Waals surface area contributed by atoms with E-state index in [1.165, 1.54) is 6.07 Å². The molecular formula is C15H17BrFNO3. The van der Waals surface area contributed by atoms with Crippen molar-refractivity contribution in [2.45, 2.75) is 38.6 Å². The van der Waals surface area contributed by atoms with Gasteiger partial charge in [0, 0.05) is 0 Å². The van der Waals surface area contributed by atoms with Crippen molar-refractivity contribution in [3.63, 3.8) is 0 Å². The largest absolute Gasteiger partial charge is 0.444 e. The first-order chi connectivity index (χ1) is 9.70. The Balaban J connectivity index is 1.75. The summed E-state index contributed by atoms with van der Waals surface area (Å²) in [5.74, 6) is -0.311. The third-order valence-electron chi connectivity index (χ3n) is 3.69. The molecule has 0 aromatic heterocycles. The normalized spacial score (nSPS) is 19.4. The van der Waals surface area contributed by atoms with E-state index >= 15 is 0 Å². The fourth-order valence-corrected chi connectivity index (χ4v) is 3.10. The first-order valence-electron chi connectivity index (χ1n) is 6.80. The van der Waals surface area contributed by atoms with Crippen LogP contribution in [0, 0.1) is 5.82 Å². The van der Waals surface area contributed by atoms with Crippen LogP contribution in [0.2, 0.25) is 0 Å². The van der Waals surface area contributed by atoms with Crippen LogP contribution in [-0.4, -0.2) is 29.7 Å². The average Bonchev–Trinajstić information content (AvgIpc) is 2.64. The Morgan fingerprint density at radius 2 is 2.10 bits per heavy atom. The number of likely N-dealkylation sites (tertiary alicyclic amines) is 1. The Kier molecular flexibility index (Phi) is 3.29. The second-order valence-electron chi connectivity index (χ2n) is 6.54. The van der Waals surface area contributed by atoms with Gasteiger partial charge in [-0.3, -0.25) is 0 Å². The molecule has 0 N–H and O–H groups in total. The van der Waals surface area contributed by atoms with Gasteiger partial charge >= 0.3 is 6.09 Å². The Morgan fingerprint density at radius 3 is 2.71 bits per heavy atom. The molecule has 2 aliphatic rings. The third-order valence-corrected chi connectivity index (χ3v) is 4.29. The third kappa shape index (κ3) is 2.55. The van der Waals surface area contributed by atoms with Crippen LogP contribution in [-0.2, 0) is 21.7 Å². The SMILES string of the molecule is CC(C)(C)OC(=O)N1CC2(C1)OCc1cc(Br)c(F)cc12. The standard InChI is InChI=1S/C15H17BrFNO3/c1-14(2,3)21-13(19)18-7-15(8-18)10-5-12(17)11(16)4-9(10)6-20-15/h4-5H,6-8H2,1-3H3. The van der Waals surface area contributed by atoms with Crippen LogP contribution in [0.25, 0.3) is 0 Å². The molecule has 21 heavy (non-hydrogen) atoms. The van der Waals surface area contributed by atoms with E-state index in [9.17, 15) is 9.18 Å². The number of carbonyl (C=O) groups excluding carboxylic acids is 1. The molecular weight excluding hydrogens is 341 g/mol. The zero-order valence-electron chi connectivity index (χ0n) is 12.2. The molecule has 2 heterocycles. The summed E-state index contributed by atoms with van der Waals surface area (Å²) in [7, 11) is 0. The van der Waals surface area contributed by atoms with Crippen molar-refractivity contribution in [3.8, 4) is 0 Å². The molecule has 4 nitrogen and oxygen atoms in total. The van der Waals surface area contributed by atoms with Gasteiger partial charge in [0.25, 0.3) is 0 Å². The molecule has 1 fully saturated rings. The highest BCUT2D eigenvalue weighted by Crippen LogP contribution is 2.45. The molecule has 1 saturated heterocycles. The fraction of sp³-hybridized carbons (Fsp3) is 0.533. The lowest BCUT2D eigenvalue weighted by Gasteiger charge is -2.47. The minimum Gasteiger partial charge on any atom is -0.444 e. The molecule has 3 rings (SSSR count). The van der Waals surface area contributed by atoms with Crippen molar-refractivity contribution < 1.29 is 18.7 Å². The van der Waals surface area contributed by atoms with Gasteiger partial charge in [-0.1, -0.05) is 0 Å². The lowest BCUT2D eigenvalue weighted by molar-refractivity contribution is -0.137. The van der Waals surface area contributed by atoms with E-state index in [-0.39, 0.29) is 11.9 Å². The Bertz CT molecular complexity index is 606. The van der Waals surface area contributed by atoms with Gasteiger partial charge in [-0.05, 0) is 60.0 Å². The summed E-state index contributed by atoms with van der Waals surface area (Å²) >= 11 is 3.18. The van der Waals surface area contributed by atoms with E-state index in [1.54, 1.807) is 11.0 Å². The number of ether oxygens (including phenoxy) is 2. The molecule has 0 aliphatic carbocycles. The van der Waals surface area contributed by atoms with Crippen molar-refractivity contribution >= 4 is 22.0 Å². The Morgan fingerprint density at radius 1 is 1.43 bits per heavy atom. The molecule has 0 radical (unpaired) electrons. The van der Waals surface area contributed by atoms with Crippen LogP contribution in [0.15, 0.2) is 16.6 Å². The predicted octanol–water partition coefficient (Wildman–Crippen LogP) is 3.56. The quantitative estimate of drug-likeness (QED) is 0.712. The summed E-state index contributed by atoms with van der Waals surface area (Å²) in [5.41, 5.74) is 0.703. The number of halogens is 2. The number of benzene rings is 1. The minimum absolute atomic E-state index is 0.311. The van der Waals surface area contributed by atoms with Crippen LogP contribution in [0.3, 0.4) is 0 Å². The molecule has 0 bridgehead atoms. The van der Waals surface area contributed by atoms with Crippen LogP contribution in [0.4, 0.5) is 9.18 Å². The van der Waals surface area contributed by atoms with Gasteiger partial charge in [0.2, 0.25) is 0 Å². The van der Waals surface area contributed by atoms with Crippen molar-refractivity contribution in [2.75, 3.05) is 13.1 Å². The predicted molar refractivity (Wildman–Crippen MR) is 78.4 cm³/mol. The fourth-order valence-electron chi connectivity index (χ4n) is 2.71. The monoisotopic (exact) mass is 357 g/mol. The molecule has 1 spiro atoms. The lowest BCUT2D eigenvalue weighted by Crippen LogP contribution is -2.61. The van der Waals surface area contributed by atoms with Crippen molar-refractivity contribution in [1.82, 2.24) is 4.90 Å². The number of rotatable bonds is 0. The Labute approximate surface area is 131 Å². The number of hydrogen-bond acceptors (Lipinski definition) is 3. The average molecular weight is 358 g/mol. The summed E-state index contributed by atoms with van der Waals surface area (Å²) < 4.78 is 25.3. The van der Waals surface area contributed by atoms with E-state index in [0.717, 1.165) is 11.1 Å². The lowest BCUT2D eigenvalue weighted by atomic mass is 9.85. The molecule has 1 aromatic carbocycles. The van der Waals surface area contributed by atoms with E-state index in [0.29, 0.717) is 24.2 Å². The highest BCUT2D eigenvalue weighted by molar-refractivity contribution is 9.10. The topological polar surface area (TPSA) is 38.8 Å². The van der Waals surface area contributed by atoms with E-state index < -0.39 is 11.2 Å². The molecule has 1 aromatic rings. The number of fused-ring (bicyclic) bond motifs is 2. The maximum atomic E-state index is 13.7. The van der Waals surface area contributed by atoms with E-state index in [4.69, 9.17) is 9.47 Å². The van der Waals surface area contributed by atoms with Crippen LogP contribution < -0.4 is 0 Å². The molecule has 0 saturated carbocycles. The van der Waals surface area contributed by atoms with Gasteiger partial charge < -0.3 is 14.4 Å². The number of carbonyl (C=O) groups is 1. The first kappa shape index (κ1) is 14.8. The van der Waals surface area contributed by atoms with Crippen LogP contribution >= 0.6 is 15.9 Å². The molecule has 1 amide bonds. The summed E-state index contributed by atoms with van der Waals surface area (Å²) in [5, 5.41) is 0. The highest BCUT2D eigenvalue weighted by atomic mass is 79.9. The van der Waals surface area contributed by atoms with Crippen molar-refractivity contribution in [1.29, 1.82) is 0 Å². The van der Waals surface area contributed by atoms with Gasteiger partial charge in [0.1, 0.15) is 17.0 Å².